The number of benzene rings is 1. The molecule has 1 heterocycles. The van der Waals surface area contributed by atoms with Crippen molar-refractivity contribution in [3.8, 4) is 0 Å². The Morgan fingerprint density at radius 1 is 1.33 bits per heavy atom. The van der Waals surface area contributed by atoms with Crippen LogP contribution in [-0.2, 0) is 11.2 Å². The van der Waals surface area contributed by atoms with Gasteiger partial charge in [0.25, 0.3) is 0 Å². The minimum absolute atomic E-state index is 0.0102. The molecule has 5 heteroatoms. The van der Waals surface area contributed by atoms with Gasteiger partial charge in [0.15, 0.2) is 5.58 Å². The fourth-order valence-electron chi connectivity index (χ4n) is 2.48. The Bertz CT molecular complexity index is 632. The van der Waals surface area contributed by atoms with E-state index >= 15 is 0 Å². The van der Waals surface area contributed by atoms with Crippen LogP contribution >= 0.6 is 0 Å². The van der Waals surface area contributed by atoms with Gasteiger partial charge < -0.3 is 14.7 Å². The van der Waals surface area contributed by atoms with Gasteiger partial charge in [-0.15, -0.1) is 0 Å². The van der Waals surface area contributed by atoms with Gasteiger partial charge in [0.1, 0.15) is 5.69 Å². The fourth-order valence-corrected chi connectivity index (χ4v) is 2.48. The number of aromatic nitrogens is 1. The van der Waals surface area contributed by atoms with Crippen LogP contribution in [-0.4, -0.2) is 43.1 Å². The summed E-state index contributed by atoms with van der Waals surface area (Å²) in [7, 11) is 4.04. The van der Waals surface area contributed by atoms with Crippen LogP contribution in [0, 0.1) is 13.8 Å². The van der Waals surface area contributed by atoms with Crippen LogP contribution in [0.3, 0.4) is 0 Å². The number of amides is 1. The quantitative estimate of drug-likeness (QED) is 0.827. The van der Waals surface area contributed by atoms with E-state index < -0.39 is 0 Å². The Morgan fingerprint density at radius 2 is 2.10 bits per heavy atom. The van der Waals surface area contributed by atoms with Gasteiger partial charge in [-0.1, -0.05) is 11.2 Å². The zero-order chi connectivity index (χ0) is 15.4. The Morgan fingerprint density at radius 3 is 2.81 bits per heavy atom. The molecule has 0 saturated carbocycles. The van der Waals surface area contributed by atoms with Gasteiger partial charge >= 0.3 is 0 Å². The molecule has 0 aliphatic heterocycles. The molecule has 0 aliphatic carbocycles. The summed E-state index contributed by atoms with van der Waals surface area (Å²) in [6, 6.07) is 4.03. The molecule has 0 saturated heterocycles. The Balaban J connectivity index is 1.98. The maximum absolute atomic E-state index is 12.0. The summed E-state index contributed by atoms with van der Waals surface area (Å²) >= 11 is 0. The van der Waals surface area contributed by atoms with Crippen molar-refractivity contribution in [2.75, 3.05) is 27.2 Å². The van der Waals surface area contributed by atoms with Crippen LogP contribution in [0.4, 0.5) is 0 Å². The largest absolute Gasteiger partial charge is 0.356 e. The standard InChI is InChI=1S/C16H23N3O2/c1-11-8-12(2)16-13(18-21-14(16)9-11)10-15(20)17-6-5-7-19(3)4/h8-9H,5-7,10H2,1-4H3,(H,17,20). The molecule has 1 aromatic carbocycles. The zero-order valence-corrected chi connectivity index (χ0v) is 13.2. The van der Waals surface area contributed by atoms with Crippen LogP contribution < -0.4 is 5.32 Å². The molecule has 0 atom stereocenters. The summed E-state index contributed by atoms with van der Waals surface area (Å²) in [4.78, 5) is 14.1. The van der Waals surface area contributed by atoms with E-state index in [0.29, 0.717) is 12.2 Å². The molecule has 0 spiro atoms. The molecule has 0 aliphatic rings. The highest BCUT2D eigenvalue weighted by Crippen LogP contribution is 2.24. The summed E-state index contributed by atoms with van der Waals surface area (Å²) in [5.41, 5.74) is 3.70. The minimum atomic E-state index is -0.0102. The number of carbonyl (C=O) groups is 1. The number of rotatable bonds is 6. The van der Waals surface area contributed by atoms with Crippen molar-refractivity contribution in [2.24, 2.45) is 0 Å². The molecule has 2 rings (SSSR count). The summed E-state index contributed by atoms with van der Waals surface area (Å²) in [6.45, 7) is 5.69. The second-order valence-electron chi connectivity index (χ2n) is 5.77. The third-order valence-corrected chi connectivity index (χ3v) is 3.42. The minimum Gasteiger partial charge on any atom is -0.356 e. The Kier molecular flexibility index (Phi) is 4.96. The van der Waals surface area contributed by atoms with Crippen molar-refractivity contribution in [1.29, 1.82) is 0 Å². The summed E-state index contributed by atoms with van der Waals surface area (Å²) in [5.74, 6) is -0.0102. The summed E-state index contributed by atoms with van der Waals surface area (Å²) in [6.07, 6.45) is 1.20. The fraction of sp³-hybridized carbons (Fsp3) is 0.500. The molecule has 0 fully saturated rings. The number of nitrogens with zero attached hydrogens (tertiary/aromatic N) is 2. The smallest absolute Gasteiger partial charge is 0.226 e. The average Bonchev–Trinajstić information content (AvgIpc) is 2.77. The highest BCUT2D eigenvalue weighted by atomic mass is 16.5. The predicted molar refractivity (Wildman–Crippen MR) is 83.4 cm³/mol. The number of fused-ring (bicyclic) bond motifs is 1. The van der Waals surface area contributed by atoms with Crippen LogP contribution in [0.15, 0.2) is 16.7 Å². The highest BCUT2D eigenvalue weighted by Gasteiger charge is 2.14. The lowest BCUT2D eigenvalue weighted by Gasteiger charge is -2.09. The molecule has 1 aromatic heterocycles. The lowest BCUT2D eigenvalue weighted by Crippen LogP contribution is -2.28. The van der Waals surface area contributed by atoms with Crippen molar-refractivity contribution in [1.82, 2.24) is 15.4 Å². The molecule has 0 bridgehead atoms. The normalized spacial score (nSPS) is 11.3. The van der Waals surface area contributed by atoms with Crippen LogP contribution in [0.1, 0.15) is 23.2 Å². The Hall–Kier alpha value is -1.88. The van der Waals surface area contributed by atoms with Gasteiger partial charge in [-0.05, 0) is 58.1 Å². The number of nitrogens with one attached hydrogen (secondary N) is 1. The van der Waals surface area contributed by atoms with Crippen molar-refractivity contribution in [2.45, 2.75) is 26.7 Å². The van der Waals surface area contributed by atoms with E-state index in [1.54, 1.807) is 0 Å². The number of carbonyl (C=O) groups excluding carboxylic acids is 1. The van der Waals surface area contributed by atoms with Crippen molar-refractivity contribution >= 4 is 16.9 Å². The molecule has 5 nitrogen and oxygen atoms in total. The lowest BCUT2D eigenvalue weighted by molar-refractivity contribution is -0.120. The second kappa shape index (κ2) is 6.72. The third-order valence-electron chi connectivity index (χ3n) is 3.42. The van der Waals surface area contributed by atoms with E-state index in [-0.39, 0.29) is 12.3 Å². The van der Waals surface area contributed by atoms with Crippen LogP contribution in [0.5, 0.6) is 0 Å². The third kappa shape index (κ3) is 4.04. The van der Waals surface area contributed by atoms with E-state index in [2.05, 4.69) is 21.4 Å². The first kappa shape index (κ1) is 15.5. The van der Waals surface area contributed by atoms with Gasteiger partial charge in [-0.3, -0.25) is 4.79 Å². The topological polar surface area (TPSA) is 58.4 Å². The summed E-state index contributed by atoms with van der Waals surface area (Å²) in [5, 5.41) is 7.94. The molecule has 114 valence electrons. The molecular formula is C16H23N3O2. The van der Waals surface area contributed by atoms with Gasteiger partial charge in [-0.25, -0.2) is 0 Å². The first-order chi connectivity index (χ1) is 9.97. The van der Waals surface area contributed by atoms with E-state index in [0.717, 1.165) is 35.1 Å². The van der Waals surface area contributed by atoms with Crippen molar-refractivity contribution in [3.05, 3.63) is 29.0 Å². The van der Waals surface area contributed by atoms with Gasteiger partial charge in [-0.2, -0.15) is 0 Å². The van der Waals surface area contributed by atoms with Gasteiger partial charge in [0, 0.05) is 11.9 Å². The number of hydrogen-bond donors (Lipinski definition) is 1. The van der Waals surface area contributed by atoms with E-state index in [1.165, 1.54) is 0 Å². The van der Waals surface area contributed by atoms with Crippen LogP contribution in [0.2, 0.25) is 0 Å². The first-order valence-corrected chi connectivity index (χ1v) is 7.24. The summed E-state index contributed by atoms with van der Waals surface area (Å²) < 4.78 is 5.33. The molecule has 1 amide bonds. The molecular weight excluding hydrogens is 266 g/mol. The van der Waals surface area contributed by atoms with Gasteiger partial charge in [0.2, 0.25) is 5.91 Å². The van der Waals surface area contributed by atoms with Gasteiger partial charge in [0.05, 0.1) is 6.42 Å². The molecule has 1 N–H and O–H groups in total. The number of aryl methyl sites for hydroxylation is 2. The van der Waals surface area contributed by atoms with E-state index in [9.17, 15) is 4.79 Å². The SMILES string of the molecule is Cc1cc(C)c2c(CC(=O)NCCCN(C)C)noc2c1. The average molecular weight is 289 g/mol. The molecule has 21 heavy (non-hydrogen) atoms. The number of hydrogen-bond acceptors (Lipinski definition) is 4. The van der Waals surface area contributed by atoms with Crippen LogP contribution in [0.25, 0.3) is 11.0 Å². The molecule has 0 radical (unpaired) electrons. The maximum Gasteiger partial charge on any atom is 0.226 e. The first-order valence-electron chi connectivity index (χ1n) is 7.24. The molecule has 0 unspecified atom stereocenters. The second-order valence-corrected chi connectivity index (χ2v) is 5.77. The van der Waals surface area contributed by atoms with Crippen molar-refractivity contribution in [3.63, 3.8) is 0 Å². The monoisotopic (exact) mass is 289 g/mol. The lowest BCUT2D eigenvalue weighted by atomic mass is 10.0. The van der Waals surface area contributed by atoms with E-state index in [4.69, 9.17) is 4.52 Å². The Labute approximate surface area is 125 Å². The highest BCUT2D eigenvalue weighted by molar-refractivity contribution is 5.88. The van der Waals surface area contributed by atoms with E-state index in [1.807, 2.05) is 34.0 Å². The zero-order valence-electron chi connectivity index (χ0n) is 13.2. The maximum atomic E-state index is 12.0. The molecule has 2 aromatic rings. The predicted octanol–water partition coefficient (Wildman–Crippen LogP) is 2.06. The van der Waals surface area contributed by atoms with Crippen molar-refractivity contribution < 1.29 is 9.32 Å².